The Labute approximate surface area is 191 Å². The molecule has 178 valence electrons. The molecule has 14 heteroatoms. The molecule has 0 saturated carbocycles. The molecule has 0 spiro atoms. The Morgan fingerprint density at radius 2 is 1.94 bits per heavy atom. The smallest absolute Gasteiger partial charge is 0.387 e. The van der Waals surface area contributed by atoms with Gasteiger partial charge in [0.15, 0.2) is 21.3 Å². The standard InChI is InChI=1S/C20H18F3N7O3S/c1-10-15(21)9-14-17(25-10)28-29-18(14)30(2)16-4-5-24-20(27-16)26-11-6-12(33-19(22)23)8-13(7-11)34(3,31)32/h4-9,19H,1-3H3,(H,24,26,27)(H,25,28,29). The number of hydrogen-bond donors (Lipinski definition) is 2. The van der Waals surface area contributed by atoms with Gasteiger partial charge in [0.25, 0.3) is 0 Å². The third-order valence-corrected chi connectivity index (χ3v) is 5.84. The highest BCUT2D eigenvalue weighted by atomic mass is 32.2. The van der Waals surface area contributed by atoms with Gasteiger partial charge in [0, 0.05) is 31.3 Å². The molecule has 2 N–H and O–H groups in total. The first kappa shape index (κ1) is 23.2. The molecule has 0 amide bonds. The Balaban J connectivity index is 1.67. The van der Waals surface area contributed by atoms with Gasteiger partial charge in [-0.1, -0.05) is 0 Å². The average molecular weight is 493 g/mol. The number of aryl methyl sites for hydroxylation is 1. The minimum Gasteiger partial charge on any atom is -0.435 e. The van der Waals surface area contributed by atoms with E-state index in [2.05, 4.69) is 35.2 Å². The van der Waals surface area contributed by atoms with E-state index in [4.69, 9.17) is 0 Å². The van der Waals surface area contributed by atoms with Crippen LogP contribution in [-0.4, -0.2) is 53.5 Å². The molecule has 4 rings (SSSR count). The molecule has 3 aromatic heterocycles. The summed E-state index contributed by atoms with van der Waals surface area (Å²) in [5.41, 5.74) is 0.744. The molecule has 0 aliphatic heterocycles. The zero-order chi connectivity index (χ0) is 24.6. The van der Waals surface area contributed by atoms with E-state index in [0.717, 1.165) is 12.3 Å². The van der Waals surface area contributed by atoms with Crippen molar-refractivity contribution in [3.8, 4) is 5.75 Å². The maximum atomic E-state index is 14.0. The van der Waals surface area contributed by atoms with Crippen LogP contribution in [0.25, 0.3) is 11.0 Å². The molecule has 0 bridgehead atoms. The van der Waals surface area contributed by atoms with E-state index in [0.29, 0.717) is 22.7 Å². The number of nitrogens with one attached hydrogen (secondary N) is 2. The highest BCUT2D eigenvalue weighted by molar-refractivity contribution is 7.90. The lowest BCUT2D eigenvalue weighted by Crippen LogP contribution is -2.13. The van der Waals surface area contributed by atoms with E-state index < -0.39 is 22.3 Å². The van der Waals surface area contributed by atoms with Gasteiger partial charge in [0.05, 0.1) is 16.0 Å². The SMILES string of the molecule is Cc1nc2[nH]nc(N(C)c3ccnc(Nc4cc(OC(F)F)cc(S(C)(=O)=O)c4)n3)c2cc1F. The maximum Gasteiger partial charge on any atom is 0.387 e. The van der Waals surface area contributed by atoms with Gasteiger partial charge in [-0.3, -0.25) is 5.10 Å². The maximum absolute atomic E-state index is 14.0. The van der Waals surface area contributed by atoms with Crippen molar-refractivity contribution < 1.29 is 26.3 Å². The second-order valence-electron chi connectivity index (χ2n) is 7.27. The van der Waals surface area contributed by atoms with Crippen LogP contribution in [0.1, 0.15) is 5.69 Å². The van der Waals surface area contributed by atoms with Gasteiger partial charge in [-0.2, -0.15) is 18.9 Å². The molecule has 10 nitrogen and oxygen atoms in total. The fraction of sp³-hybridized carbons (Fsp3) is 0.200. The first-order chi connectivity index (χ1) is 16.0. The van der Waals surface area contributed by atoms with Gasteiger partial charge in [0.2, 0.25) is 5.95 Å². The molecule has 0 aliphatic carbocycles. The number of halogens is 3. The fourth-order valence-electron chi connectivity index (χ4n) is 3.12. The van der Waals surface area contributed by atoms with Crippen molar-refractivity contribution >= 4 is 44.1 Å². The number of anilines is 4. The Morgan fingerprint density at radius 3 is 2.65 bits per heavy atom. The number of nitrogens with zero attached hydrogens (tertiary/aromatic N) is 5. The number of alkyl halides is 2. The third kappa shape index (κ3) is 4.85. The Kier molecular flexibility index (Phi) is 6.00. The summed E-state index contributed by atoms with van der Waals surface area (Å²) in [6, 6.07) is 6.32. The summed E-state index contributed by atoms with van der Waals surface area (Å²) in [6.07, 6.45) is 2.37. The molecule has 0 atom stereocenters. The number of benzene rings is 1. The Morgan fingerprint density at radius 1 is 1.18 bits per heavy atom. The van der Waals surface area contributed by atoms with Crippen molar-refractivity contribution in [3.63, 3.8) is 0 Å². The minimum absolute atomic E-state index is 0.0398. The van der Waals surface area contributed by atoms with Crippen LogP contribution in [0.3, 0.4) is 0 Å². The molecule has 1 aromatic carbocycles. The molecule has 4 aromatic rings. The van der Waals surface area contributed by atoms with Gasteiger partial charge in [-0.25, -0.2) is 22.8 Å². The van der Waals surface area contributed by atoms with Gasteiger partial charge in [0.1, 0.15) is 17.4 Å². The molecule has 0 fully saturated rings. The van der Waals surface area contributed by atoms with Crippen molar-refractivity contribution in [2.45, 2.75) is 18.4 Å². The lowest BCUT2D eigenvalue weighted by molar-refractivity contribution is -0.0499. The second-order valence-corrected chi connectivity index (χ2v) is 9.28. The van der Waals surface area contributed by atoms with Crippen LogP contribution in [0.4, 0.5) is 36.4 Å². The molecular formula is C20H18F3N7O3S. The number of aromatic nitrogens is 5. The molecule has 0 aliphatic rings. The van der Waals surface area contributed by atoms with Crippen molar-refractivity contribution in [1.82, 2.24) is 25.1 Å². The van der Waals surface area contributed by atoms with Gasteiger partial charge >= 0.3 is 6.61 Å². The Hall–Kier alpha value is -3.94. The van der Waals surface area contributed by atoms with Crippen molar-refractivity contribution in [1.29, 1.82) is 0 Å². The zero-order valence-corrected chi connectivity index (χ0v) is 18.9. The predicted molar refractivity (Wildman–Crippen MR) is 118 cm³/mol. The number of hydrogen-bond acceptors (Lipinski definition) is 9. The summed E-state index contributed by atoms with van der Waals surface area (Å²) in [6.45, 7) is -1.60. The van der Waals surface area contributed by atoms with Crippen LogP contribution in [-0.2, 0) is 9.84 Å². The summed E-state index contributed by atoms with van der Waals surface area (Å²) >= 11 is 0. The largest absolute Gasteiger partial charge is 0.435 e. The number of H-pyrrole nitrogens is 1. The summed E-state index contributed by atoms with van der Waals surface area (Å²) in [7, 11) is -2.07. The molecule has 3 heterocycles. The lowest BCUT2D eigenvalue weighted by Gasteiger charge is -2.17. The van der Waals surface area contributed by atoms with Crippen LogP contribution in [0.2, 0.25) is 0 Å². The minimum atomic E-state index is -3.72. The predicted octanol–water partition coefficient (Wildman–Crippen LogP) is 3.71. The van der Waals surface area contributed by atoms with Crippen molar-refractivity contribution in [2.75, 3.05) is 23.5 Å². The highest BCUT2D eigenvalue weighted by Gasteiger charge is 2.18. The first-order valence-electron chi connectivity index (χ1n) is 9.66. The summed E-state index contributed by atoms with van der Waals surface area (Å²) in [5.74, 6) is -0.0754. The fourth-order valence-corrected chi connectivity index (χ4v) is 3.79. The Bertz CT molecular complexity index is 1480. The molecule has 34 heavy (non-hydrogen) atoms. The van der Waals surface area contributed by atoms with E-state index in [1.165, 1.54) is 31.3 Å². The number of pyridine rings is 1. The molecule has 0 saturated heterocycles. The topological polar surface area (TPSA) is 126 Å². The first-order valence-corrected chi connectivity index (χ1v) is 11.6. The molecule has 0 unspecified atom stereocenters. The average Bonchev–Trinajstić information content (AvgIpc) is 3.15. The number of ether oxygens (including phenoxy) is 1. The monoisotopic (exact) mass is 493 g/mol. The van der Waals surface area contributed by atoms with Crippen LogP contribution in [0.5, 0.6) is 5.75 Å². The van der Waals surface area contributed by atoms with Gasteiger partial charge in [-0.05, 0) is 31.2 Å². The van der Waals surface area contributed by atoms with Crippen LogP contribution in [0, 0.1) is 12.7 Å². The summed E-state index contributed by atoms with van der Waals surface area (Å²) < 4.78 is 67.7. The number of fused-ring (bicyclic) bond motifs is 1. The quantitative estimate of drug-likeness (QED) is 0.396. The van der Waals surface area contributed by atoms with Crippen molar-refractivity contribution in [3.05, 3.63) is 48.0 Å². The lowest BCUT2D eigenvalue weighted by atomic mass is 10.2. The molecule has 0 radical (unpaired) electrons. The van der Waals surface area contributed by atoms with E-state index >= 15 is 0 Å². The molecular weight excluding hydrogens is 475 g/mol. The van der Waals surface area contributed by atoms with E-state index in [-0.39, 0.29) is 28.0 Å². The summed E-state index contributed by atoms with van der Waals surface area (Å²) in [5, 5.41) is 10.1. The van der Waals surface area contributed by atoms with E-state index in [9.17, 15) is 21.6 Å². The normalized spacial score (nSPS) is 11.7. The van der Waals surface area contributed by atoms with Crippen LogP contribution >= 0.6 is 0 Å². The van der Waals surface area contributed by atoms with Crippen LogP contribution in [0.15, 0.2) is 41.4 Å². The second kappa shape index (κ2) is 8.78. The van der Waals surface area contributed by atoms with Crippen molar-refractivity contribution in [2.24, 2.45) is 0 Å². The van der Waals surface area contributed by atoms with Crippen LogP contribution < -0.4 is 15.0 Å². The van der Waals surface area contributed by atoms with Gasteiger partial charge in [-0.15, -0.1) is 0 Å². The number of aromatic amines is 1. The van der Waals surface area contributed by atoms with E-state index in [1.54, 1.807) is 18.0 Å². The number of rotatable bonds is 7. The summed E-state index contributed by atoms with van der Waals surface area (Å²) in [4.78, 5) is 13.9. The highest BCUT2D eigenvalue weighted by Crippen LogP contribution is 2.30. The number of sulfone groups is 1. The van der Waals surface area contributed by atoms with Gasteiger partial charge < -0.3 is 15.0 Å². The van der Waals surface area contributed by atoms with E-state index in [1.807, 2.05) is 0 Å². The third-order valence-electron chi connectivity index (χ3n) is 4.75. The zero-order valence-electron chi connectivity index (χ0n) is 18.0.